The highest BCUT2D eigenvalue weighted by atomic mass is 16.3. The second kappa shape index (κ2) is 32.0. The molecule has 6 nitrogen and oxygen atoms in total. The van der Waals surface area contributed by atoms with Crippen LogP contribution in [-0.4, -0.2) is 0 Å². The Bertz CT molecular complexity index is 8460. The standard InChI is InChI=1S/C45H33NO.C43H31NO.C39H29NO/c1-45(2)41-14-8-6-12-37(41)38-26-25-36(29-42(38)45)46(34-21-16-31(17-22-34)30-10-4-3-5-11-30)35-23-18-32(19-24-35)33-20-27-44-40(28-33)39-13-7-9-15-43(39)47-44;1-43(2)38-15-7-5-13-34(38)35-24-23-32(27-39(35)43)44(40-16-9-11-29-10-3-4-12-33(29)40)31-21-18-28(19-22-31)30-20-25-42-37(26-30)36-14-6-8-17-41(36)45-42;1-39(2)35-14-8-6-12-31(35)32-22-21-30(25-36(32)39)40(28-10-4-3-5-11-28)29-19-16-26(17-20-29)27-18-23-38-34(24-27)33-13-7-9-15-37(33)41-38/h3-29H,1-2H3;3-27H,1-2H3;3-25H,1-2H3. The van der Waals surface area contributed by atoms with Crippen molar-refractivity contribution >= 4 is 128 Å². The van der Waals surface area contributed by atoms with Crippen molar-refractivity contribution in [1.29, 1.82) is 0 Å². The first kappa shape index (κ1) is 79.8. The van der Waals surface area contributed by atoms with Gasteiger partial charge in [0.25, 0.3) is 0 Å². The Kier molecular flexibility index (Phi) is 19.2. The number of benzene rings is 20. The van der Waals surface area contributed by atoms with Gasteiger partial charge in [0, 0.05) is 99.4 Å². The third kappa shape index (κ3) is 13.8. The predicted molar refractivity (Wildman–Crippen MR) is 557 cm³/mol. The Hall–Kier alpha value is -16.5. The van der Waals surface area contributed by atoms with Gasteiger partial charge in [-0.3, -0.25) is 0 Å². The Balaban J connectivity index is 0.000000110. The first-order valence-electron chi connectivity index (χ1n) is 46.1. The van der Waals surface area contributed by atoms with Crippen molar-refractivity contribution in [2.24, 2.45) is 0 Å². The maximum absolute atomic E-state index is 6.09. The molecule has 3 aromatic heterocycles. The van der Waals surface area contributed by atoms with E-state index in [0.717, 1.165) is 111 Å². The topological polar surface area (TPSA) is 49.1 Å². The zero-order valence-electron chi connectivity index (χ0n) is 74.9. The summed E-state index contributed by atoms with van der Waals surface area (Å²) in [6, 6.07) is 164. The third-order valence-corrected chi connectivity index (χ3v) is 28.2. The summed E-state index contributed by atoms with van der Waals surface area (Å²) in [5.41, 5.74) is 41.3. The van der Waals surface area contributed by atoms with E-state index in [4.69, 9.17) is 13.3 Å². The molecule has 3 aliphatic rings. The summed E-state index contributed by atoms with van der Waals surface area (Å²) in [7, 11) is 0. The molecule has 0 bridgehead atoms. The van der Waals surface area contributed by atoms with Gasteiger partial charge in [-0.1, -0.05) is 339 Å². The fourth-order valence-electron chi connectivity index (χ4n) is 21.4. The summed E-state index contributed by atoms with van der Waals surface area (Å²) < 4.78 is 18.2. The Morgan fingerprint density at radius 1 is 0.158 bits per heavy atom. The lowest BCUT2D eigenvalue weighted by atomic mass is 9.82. The van der Waals surface area contributed by atoms with Gasteiger partial charge < -0.3 is 28.0 Å². The van der Waals surface area contributed by atoms with Gasteiger partial charge in [-0.15, -0.1) is 0 Å². The van der Waals surface area contributed by atoms with Crippen molar-refractivity contribution < 1.29 is 13.3 Å². The van der Waals surface area contributed by atoms with E-state index in [-0.39, 0.29) is 16.2 Å². The van der Waals surface area contributed by atoms with E-state index in [9.17, 15) is 0 Å². The molecule has 0 unspecified atom stereocenters. The van der Waals surface area contributed by atoms with Crippen LogP contribution >= 0.6 is 0 Å². The lowest BCUT2D eigenvalue weighted by Crippen LogP contribution is -2.16. The molecular formula is C127H93N3O3. The summed E-state index contributed by atoms with van der Waals surface area (Å²) in [6.07, 6.45) is 0. The SMILES string of the molecule is CC1(C)c2ccccc2-c2ccc(N(c3ccc(-c4ccc5oc6ccccc6c5c4)cc3)c3cccc4ccccc34)cc21.CC1(C)c2ccccc2-c2ccc(N(c3ccc(-c4ccccc4)cc3)c3ccc(-c4ccc5oc6ccccc6c5c4)cc3)cc21.CC1(C)c2ccccc2-c2ccc(N(c3ccccc3)c3ccc(-c4ccc5oc6ccccc6c5c4)cc3)cc21. The number of nitrogens with zero attached hydrogens (tertiary/aromatic N) is 3. The molecule has 0 atom stereocenters. The molecule has 20 aromatic carbocycles. The van der Waals surface area contributed by atoms with Gasteiger partial charge in [0.2, 0.25) is 0 Å². The van der Waals surface area contributed by atoms with E-state index in [1.165, 1.54) is 128 Å². The van der Waals surface area contributed by atoms with E-state index in [1.54, 1.807) is 0 Å². The van der Waals surface area contributed by atoms with Gasteiger partial charge in [0.05, 0.1) is 5.69 Å². The number of furan rings is 3. The van der Waals surface area contributed by atoms with Crippen molar-refractivity contribution in [2.45, 2.75) is 57.8 Å². The molecule has 133 heavy (non-hydrogen) atoms. The Morgan fingerprint density at radius 3 is 0.797 bits per heavy atom. The van der Waals surface area contributed by atoms with E-state index in [1.807, 2.05) is 36.4 Å². The fourth-order valence-corrected chi connectivity index (χ4v) is 21.4. The molecule has 0 saturated heterocycles. The molecule has 634 valence electrons. The van der Waals surface area contributed by atoms with Crippen LogP contribution in [0.4, 0.5) is 51.2 Å². The number of para-hydroxylation sites is 4. The molecule has 0 amide bonds. The van der Waals surface area contributed by atoms with Gasteiger partial charge in [-0.2, -0.15) is 0 Å². The van der Waals surface area contributed by atoms with Crippen molar-refractivity contribution in [3.8, 4) is 77.9 Å². The number of hydrogen-bond donors (Lipinski definition) is 0. The highest BCUT2D eigenvalue weighted by molar-refractivity contribution is 6.09. The molecule has 6 heteroatoms. The van der Waals surface area contributed by atoms with Crippen LogP contribution < -0.4 is 14.7 Å². The van der Waals surface area contributed by atoms with Crippen molar-refractivity contribution in [3.05, 3.63) is 488 Å². The zero-order valence-corrected chi connectivity index (χ0v) is 74.9. The average molecular weight is 1710 g/mol. The maximum Gasteiger partial charge on any atom is 0.135 e. The van der Waals surface area contributed by atoms with Gasteiger partial charge in [-0.25, -0.2) is 0 Å². The van der Waals surface area contributed by atoms with Crippen molar-refractivity contribution in [3.63, 3.8) is 0 Å². The molecule has 26 rings (SSSR count). The van der Waals surface area contributed by atoms with Crippen LogP contribution in [0.1, 0.15) is 74.9 Å². The van der Waals surface area contributed by atoms with Crippen LogP contribution in [0.25, 0.3) is 154 Å². The number of hydrogen-bond acceptors (Lipinski definition) is 6. The van der Waals surface area contributed by atoms with Crippen molar-refractivity contribution in [1.82, 2.24) is 0 Å². The lowest BCUT2D eigenvalue weighted by Gasteiger charge is -2.29. The molecular weight excluding hydrogens is 1620 g/mol. The second-order valence-electron chi connectivity index (χ2n) is 37.0. The summed E-state index contributed by atoms with van der Waals surface area (Å²) >= 11 is 0. The summed E-state index contributed by atoms with van der Waals surface area (Å²) in [5, 5.41) is 9.33. The molecule has 23 aromatic rings. The molecule has 0 N–H and O–H groups in total. The second-order valence-corrected chi connectivity index (χ2v) is 37.0. The van der Waals surface area contributed by atoms with Crippen LogP contribution in [-0.2, 0) is 16.2 Å². The van der Waals surface area contributed by atoms with Crippen LogP contribution in [0.15, 0.2) is 468 Å². The molecule has 0 aliphatic heterocycles. The van der Waals surface area contributed by atoms with E-state index in [0.29, 0.717) is 0 Å². The highest BCUT2D eigenvalue weighted by Gasteiger charge is 2.39. The van der Waals surface area contributed by atoms with Crippen LogP contribution in [0.5, 0.6) is 0 Å². The highest BCUT2D eigenvalue weighted by Crippen LogP contribution is 2.56. The first-order chi connectivity index (χ1) is 65.2. The molecule has 3 aliphatic carbocycles. The quantitative estimate of drug-likeness (QED) is 0.115. The van der Waals surface area contributed by atoms with Gasteiger partial charge in [0.15, 0.2) is 0 Å². The van der Waals surface area contributed by atoms with Crippen LogP contribution in [0, 0.1) is 0 Å². The summed E-state index contributed by atoms with van der Waals surface area (Å²) in [5.74, 6) is 0. The minimum atomic E-state index is -0.0788. The lowest BCUT2D eigenvalue weighted by molar-refractivity contribution is 0.660. The average Bonchev–Trinajstić information content (AvgIpc) is 1.59. The smallest absolute Gasteiger partial charge is 0.135 e. The van der Waals surface area contributed by atoms with E-state index < -0.39 is 0 Å². The summed E-state index contributed by atoms with van der Waals surface area (Å²) in [6.45, 7) is 14.0. The minimum Gasteiger partial charge on any atom is -0.456 e. The molecule has 0 radical (unpaired) electrons. The maximum atomic E-state index is 6.09. The van der Waals surface area contributed by atoms with E-state index in [2.05, 4.69) is 475 Å². The number of anilines is 9. The number of rotatable bonds is 13. The van der Waals surface area contributed by atoms with Crippen LogP contribution in [0.3, 0.4) is 0 Å². The van der Waals surface area contributed by atoms with Gasteiger partial charge in [0.1, 0.15) is 33.5 Å². The number of fused-ring (bicyclic) bond motifs is 19. The summed E-state index contributed by atoms with van der Waals surface area (Å²) in [4.78, 5) is 7.15. The van der Waals surface area contributed by atoms with Gasteiger partial charge in [-0.05, 0) is 274 Å². The van der Waals surface area contributed by atoms with Gasteiger partial charge >= 0.3 is 0 Å². The largest absolute Gasteiger partial charge is 0.456 e. The minimum absolute atomic E-state index is 0.0515. The first-order valence-corrected chi connectivity index (χ1v) is 46.1. The monoisotopic (exact) mass is 1710 g/mol. The van der Waals surface area contributed by atoms with Crippen LogP contribution in [0.2, 0.25) is 0 Å². The van der Waals surface area contributed by atoms with E-state index >= 15 is 0 Å². The zero-order chi connectivity index (χ0) is 89.2. The Labute approximate surface area is 774 Å². The molecule has 0 fully saturated rings. The molecule has 0 saturated carbocycles. The molecule has 3 heterocycles. The Morgan fingerprint density at radius 2 is 0.414 bits per heavy atom. The fraction of sp³-hybridized carbons (Fsp3) is 0.0709. The third-order valence-electron chi connectivity index (χ3n) is 28.2. The normalized spacial score (nSPS) is 13.2. The predicted octanol–water partition coefficient (Wildman–Crippen LogP) is 35.9. The van der Waals surface area contributed by atoms with Crippen molar-refractivity contribution in [2.75, 3.05) is 14.7 Å². The molecule has 0 spiro atoms.